The first-order chi connectivity index (χ1) is 12.3. The molecule has 1 N–H and O–H groups in total. The van der Waals surface area contributed by atoms with Crippen LogP contribution >= 0.6 is 0 Å². The molecule has 0 amide bonds. The fraction of sp³-hybridized carbons (Fsp3) is 0.611. The van der Waals surface area contributed by atoms with Crippen LogP contribution in [0.4, 0.5) is 10.2 Å². The summed E-state index contributed by atoms with van der Waals surface area (Å²) in [5.74, 6) is 0.184. The lowest BCUT2D eigenvalue weighted by molar-refractivity contribution is 0.245. The van der Waals surface area contributed by atoms with E-state index in [0.717, 1.165) is 45.6 Å². The molecule has 1 aliphatic heterocycles. The molecule has 134 valence electrons. The third kappa shape index (κ3) is 3.25. The number of aromatic amines is 1. The molecule has 1 saturated heterocycles. The van der Waals surface area contributed by atoms with Crippen LogP contribution in [0.15, 0.2) is 6.33 Å². The van der Waals surface area contributed by atoms with Gasteiger partial charge in [0.25, 0.3) is 0 Å². The van der Waals surface area contributed by atoms with E-state index < -0.39 is 0 Å². The number of anilines is 1. The van der Waals surface area contributed by atoms with E-state index in [1.807, 2.05) is 11.8 Å². The minimum absolute atomic E-state index is 0.264. The van der Waals surface area contributed by atoms with Gasteiger partial charge in [-0.1, -0.05) is 6.92 Å². The van der Waals surface area contributed by atoms with Crippen molar-refractivity contribution in [1.29, 1.82) is 0 Å². The number of piperazine rings is 1. The van der Waals surface area contributed by atoms with E-state index in [-0.39, 0.29) is 5.82 Å². The second-order valence-electron chi connectivity index (χ2n) is 6.91. The quantitative estimate of drug-likeness (QED) is 0.920. The summed E-state index contributed by atoms with van der Waals surface area (Å²) in [7, 11) is 0. The lowest BCUT2D eigenvalue weighted by Crippen LogP contribution is -2.46. The van der Waals surface area contributed by atoms with Crippen LogP contribution in [0.3, 0.4) is 0 Å². The Balaban J connectivity index is 1.40. The maximum absolute atomic E-state index is 14.5. The van der Waals surface area contributed by atoms with Gasteiger partial charge in [0.15, 0.2) is 11.6 Å². The average molecular weight is 344 g/mol. The molecule has 0 unspecified atom stereocenters. The molecule has 7 heteroatoms. The van der Waals surface area contributed by atoms with E-state index in [2.05, 4.69) is 25.1 Å². The molecule has 0 saturated carbocycles. The predicted molar refractivity (Wildman–Crippen MR) is 94.1 cm³/mol. The maximum Gasteiger partial charge on any atom is 0.187 e. The fourth-order valence-electron chi connectivity index (χ4n) is 3.87. The molecular formula is C18H25FN6. The van der Waals surface area contributed by atoms with Crippen LogP contribution in [-0.4, -0.2) is 51.2 Å². The monoisotopic (exact) mass is 344 g/mol. The van der Waals surface area contributed by atoms with E-state index >= 15 is 0 Å². The van der Waals surface area contributed by atoms with Gasteiger partial charge in [0.1, 0.15) is 6.33 Å². The van der Waals surface area contributed by atoms with Crippen molar-refractivity contribution in [2.75, 3.05) is 31.1 Å². The van der Waals surface area contributed by atoms with Gasteiger partial charge in [-0.15, -0.1) is 0 Å². The zero-order valence-electron chi connectivity index (χ0n) is 14.8. The Kier molecular flexibility index (Phi) is 4.65. The predicted octanol–water partition coefficient (Wildman–Crippen LogP) is 2.10. The van der Waals surface area contributed by atoms with Crippen LogP contribution < -0.4 is 4.90 Å². The Morgan fingerprint density at radius 1 is 1.08 bits per heavy atom. The lowest BCUT2D eigenvalue weighted by atomic mass is 9.96. The zero-order chi connectivity index (χ0) is 17.2. The highest BCUT2D eigenvalue weighted by molar-refractivity contribution is 5.41. The van der Waals surface area contributed by atoms with Crippen molar-refractivity contribution in [2.24, 2.45) is 0 Å². The maximum atomic E-state index is 14.5. The number of aryl methyl sites for hydroxylation is 2. The summed E-state index contributed by atoms with van der Waals surface area (Å²) < 4.78 is 14.5. The van der Waals surface area contributed by atoms with Crippen LogP contribution in [-0.2, 0) is 25.8 Å². The van der Waals surface area contributed by atoms with Crippen LogP contribution in [0.25, 0.3) is 0 Å². The standard InChI is InChI=1S/C18H25FN6/c1-2-14-17(19)18(21-12-20-14)25-9-7-24(8-10-25)11-16-13-5-3-4-6-15(13)22-23-16/h12H,2-11H2,1H3,(H,22,23). The summed E-state index contributed by atoms with van der Waals surface area (Å²) in [5.41, 5.74) is 4.46. The van der Waals surface area contributed by atoms with E-state index in [1.54, 1.807) is 0 Å². The molecule has 0 spiro atoms. The third-order valence-electron chi connectivity index (χ3n) is 5.37. The Hall–Kier alpha value is -2.02. The summed E-state index contributed by atoms with van der Waals surface area (Å²) in [6, 6.07) is 0. The van der Waals surface area contributed by atoms with Gasteiger partial charge in [-0.05, 0) is 37.7 Å². The molecule has 4 rings (SSSR count). The first kappa shape index (κ1) is 16.4. The van der Waals surface area contributed by atoms with Gasteiger partial charge in [0.05, 0.1) is 11.4 Å². The van der Waals surface area contributed by atoms with Gasteiger partial charge in [0.2, 0.25) is 0 Å². The first-order valence-electron chi connectivity index (χ1n) is 9.28. The van der Waals surface area contributed by atoms with Gasteiger partial charge in [-0.25, -0.2) is 14.4 Å². The van der Waals surface area contributed by atoms with Gasteiger partial charge < -0.3 is 4.90 Å². The van der Waals surface area contributed by atoms with Crippen molar-refractivity contribution < 1.29 is 4.39 Å². The molecule has 2 aromatic heterocycles. The molecule has 3 heterocycles. The fourth-order valence-corrected chi connectivity index (χ4v) is 3.87. The lowest BCUT2D eigenvalue weighted by Gasteiger charge is -2.35. The molecule has 1 aliphatic carbocycles. The molecule has 2 aliphatic rings. The highest BCUT2D eigenvalue weighted by Crippen LogP contribution is 2.24. The number of halogens is 1. The minimum Gasteiger partial charge on any atom is -0.352 e. The molecule has 6 nitrogen and oxygen atoms in total. The van der Waals surface area contributed by atoms with Crippen LogP contribution in [0.1, 0.15) is 42.4 Å². The molecular weight excluding hydrogens is 319 g/mol. The van der Waals surface area contributed by atoms with E-state index in [9.17, 15) is 4.39 Å². The normalized spacial score (nSPS) is 18.4. The molecule has 0 bridgehead atoms. The second kappa shape index (κ2) is 7.07. The number of nitrogens with zero attached hydrogens (tertiary/aromatic N) is 5. The van der Waals surface area contributed by atoms with Crippen molar-refractivity contribution in [3.63, 3.8) is 0 Å². The number of aromatic nitrogens is 4. The van der Waals surface area contributed by atoms with Gasteiger partial charge in [-0.2, -0.15) is 5.10 Å². The summed E-state index contributed by atoms with van der Waals surface area (Å²) in [5, 5.41) is 7.76. The number of nitrogens with one attached hydrogen (secondary N) is 1. The van der Waals surface area contributed by atoms with Crippen molar-refractivity contribution in [2.45, 2.75) is 45.6 Å². The van der Waals surface area contributed by atoms with Crippen LogP contribution in [0.2, 0.25) is 0 Å². The SMILES string of the molecule is CCc1ncnc(N2CCN(Cc3n[nH]c4c3CCCC4)CC2)c1F. The second-order valence-corrected chi connectivity index (χ2v) is 6.91. The zero-order valence-corrected chi connectivity index (χ0v) is 14.8. The Morgan fingerprint density at radius 3 is 2.68 bits per heavy atom. The van der Waals surface area contributed by atoms with E-state index in [0.29, 0.717) is 17.9 Å². The van der Waals surface area contributed by atoms with Crippen LogP contribution in [0, 0.1) is 5.82 Å². The molecule has 0 radical (unpaired) electrons. The molecule has 1 fully saturated rings. The number of rotatable bonds is 4. The number of H-pyrrole nitrogens is 1. The third-order valence-corrected chi connectivity index (χ3v) is 5.37. The summed E-state index contributed by atoms with van der Waals surface area (Å²) in [6.45, 7) is 6.15. The van der Waals surface area contributed by atoms with E-state index in [1.165, 1.54) is 36.1 Å². The number of hydrogen-bond acceptors (Lipinski definition) is 5. The van der Waals surface area contributed by atoms with Crippen molar-refractivity contribution >= 4 is 5.82 Å². The number of fused-ring (bicyclic) bond motifs is 1. The average Bonchev–Trinajstić information content (AvgIpc) is 3.06. The Bertz CT molecular complexity index is 735. The molecule has 2 aromatic rings. The summed E-state index contributed by atoms with van der Waals surface area (Å²) in [4.78, 5) is 12.6. The van der Waals surface area contributed by atoms with Gasteiger partial charge in [-0.3, -0.25) is 10.00 Å². The highest BCUT2D eigenvalue weighted by atomic mass is 19.1. The van der Waals surface area contributed by atoms with Gasteiger partial charge >= 0.3 is 0 Å². The minimum atomic E-state index is -0.264. The highest BCUT2D eigenvalue weighted by Gasteiger charge is 2.24. The Labute approximate surface area is 147 Å². The van der Waals surface area contributed by atoms with Crippen molar-refractivity contribution in [3.8, 4) is 0 Å². The smallest absolute Gasteiger partial charge is 0.187 e. The molecule has 0 atom stereocenters. The molecule has 0 aromatic carbocycles. The molecule has 25 heavy (non-hydrogen) atoms. The Morgan fingerprint density at radius 2 is 1.88 bits per heavy atom. The van der Waals surface area contributed by atoms with Crippen molar-refractivity contribution in [3.05, 3.63) is 34.8 Å². The number of hydrogen-bond donors (Lipinski definition) is 1. The van der Waals surface area contributed by atoms with Crippen LogP contribution in [0.5, 0.6) is 0 Å². The summed E-state index contributed by atoms with van der Waals surface area (Å²) >= 11 is 0. The van der Waals surface area contributed by atoms with Crippen molar-refractivity contribution in [1.82, 2.24) is 25.1 Å². The topological polar surface area (TPSA) is 60.9 Å². The first-order valence-corrected chi connectivity index (χ1v) is 9.28. The van der Waals surface area contributed by atoms with E-state index in [4.69, 9.17) is 0 Å². The van der Waals surface area contributed by atoms with Gasteiger partial charge in [0, 0.05) is 38.4 Å². The largest absolute Gasteiger partial charge is 0.352 e. The summed E-state index contributed by atoms with van der Waals surface area (Å²) in [6.07, 6.45) is 6.86.